The van der Waals surface area contributed by atoms with Gasteiger partial charge < -0.3 is 9.26 Å². The zero-order chi connectivity index (χ0) is 19.7. The zero-order valence-electron chi connectivity index (χ0n) is 15.8. The van der Waals surface area contributed by atoms with Crippen molar-refractivity contribution in [3.05, 3.63) is 75.9 Å². The van der Waals surface area contributed by atoms with Crippen LogP contribution in [0.3, 0.4) is 0 Å². The molecule has 6 nitrogen and oxygen atoms in total. The Kier molecular flexibility index (Phi) is 4.92. The van der Waals surface area contributed by atoms with E-state index in [1.807, 2.05) is 56.3 Å². The number of methoxy groups -OCH3 is 1. The van der Waals surface area contributed by atoms with Crippen molar-refractivity contribution < 1.29 is 9.26 Å². The highest BCUT2D eigenvalue weighted by molar-refractivity contribution is 7.98. The Morgan fingerprint density at radius 3 is 2.71 bits per heavy atom. The maximum absolute atomic E-state index is 13.4. The van der Waals surface area contributed by atoms with E-state index in [1.54, 1.807) is 17.7 Å². The van der Waals surface area contributed by atoms with Crippen LogP contribution < -0.4 is 10.3 Å². The normalized spacial score (nSPS) is 11.1. The molecular weight excluding hydrogens is 374 g/mol. The third-order valence-corrected chi connectivity index (χ3v) is 5.32. The molecule has 0 spiro atoms. The summed E-state index contributed by atoms with van der Waals surface area (Å²) in [6.07, 6.45) is 0. The van der Waals surface area contributed by atoms with Crippen molar-refractivity contribution in [1.29, 1.82) is 0 Å². The molecular formula is C21H19N3O3S. The highest BCUT2D eigenvalue weighted by atomic mass is 32.2. The fourth-order valence-electron chi connectivity index (χ4n) is 3.02. The minimum absolute atomic E-state index is 0.131. The van der Waals surface area contributed by atoms with E-state index in [4.69, 9.17) is 14.2 Å². The molecule has 0 radical (unpaired) electrons. The minimum atomic E-state index is -0.131. The summed E-state index contributed by atoms with van der Waals surface area (Å²) in [5.41, 5.74) is 3.03. The van der Waals surface area contributed by atoms with Gasteiger partial charge >= 0.3 is 0 Å². The van der Waals surface area contributed by atoms with Gasteiger partial charge in [0.2, 0.25) is 0 Å². The van der Waals surface area contributed by atoms with E-state index in [0.717, 1.165) is 17.0 Å². The first-order valence-electron chi connectivity index (χ1n) is 8.78. The van der Waals surface area contributed by atoms with E-state index in [9.17, 15) is 4.79 Å². The van der Waals surface area contributed by atoms with Crippen molar-refractivity contribution >= 4 is 22.7 Å². The maximum Gasteiger partial charge on any atom is 0.266 e. The fraction of sp³-hybridized carbons (Fsp3) is 0.190. The molecule has 7 heteroatoms. The predicted octanol–water partition coefficient (Wildman–Crippen LogP) is 4.29. The summed E-state index contributed by atoms with van der Waals surface area (Å²) in [4.78, 5) is 18.1. The van der Waals surface area contributed by atoms with Gasteiger partial charge in [0, 0.05) is 11.8 Å². The number of thioether (sulfide) groups is 1. The van der Waals surface area contributed by atoms with Crippen LogP contribution in [0.15, 0.2) is 63.0 Å². The second kappa shape index (κ2) is 7.52. The Balaban J connectivity index is 1.91. The fourth-order valence-corrected chi connectivity index (χ4v) is 3.91. The van der Waals surface area contributed by atoms with Crippen LogP contribution in [0.5, 0.6) is 5.75 Å². The molecule has 0 amide bonds. The summed E-state index contributed by atoms with van der Waals surface area (Å²) in [5, 5.41) is 5.17. The van der Waals surface area contributed by atoms with Crippen molar-refractivity contribution in [1.82, 2.24) is 14.7 Å². The lowest BCUT2D eigenvalue weighted by molar-refractivity contribution is 0.393. The van der Waals surface area contributed by atoms with Crippen molar-refractivity contribution in [3.8, 4) is 11.4 Å². The molecule has 0 saturated heterocycles. The molecule has 0 fully saturated rings. The van der Waals surface area contributed by atoms with Gasteiger partial charge in [-0.2, -0.15) is 0 Å². The van der Waals surface area contributed by atoms with Crippen LogP contribution in [0.1, 0.15) is 17.0 Å². The van der Waals surface area contributed by atoms with E-state index in [2.05, 4.69) is 5.16 Å². The number of hydrogen-bond donors (Lipinski definition) is 0. The van der Waals surface area contributed by atoms with Gasteiger partial charge in [0.15, 0.2) is 5.16 Å². The first-order chi connectivity index (χ1) is 13.6. The van der Waals surface area contributed by atoms with Gasteiger partial charge in [-0.1, -0.05) is 35.1 Å². The highest BCUT2D eigenvalue weighted by Crippen LogP contribution is 2.29. The molecule has 28 heavy (non-hydrogen) atoms. The van der Waals surface area contributed by atoms with E-state index in [-0.39, 0.29) is 5.56 Å². The molecule has 2 aromatic carbocycles. The smallest absolute Gasteiger partial charge is 0.266 e. The van der Waals surface area contributed by atoms with E-state index < -0.39 is 0 Å². The van der Waals surface area contributed by atoms with Gasteiger partial charge in [-0.15, -0.1) is 0 Å². The summed E-state index contributed by atoms with van der Waals surface area (Å²) in [6.45, 7) is 3.83. The molecule has 0 saturated carbocycles. The lowest BCUT2D eigenvalue weighted by atomic mass is 10.2. The Hall–Kier alpha value is -3.06. The largest absolute Gasteiger partial charge is 0.495 e. The molecule has 4 rings (SSSR count). The SMILES string of the molecule is COc1ccc(C)cc1-n1c(SCc2cc(C)on2)nc2ccccc2c1=O. The van der Waals surface area contributed by atoms with Crippen molar-refractivity contribution in [2.45, 2.75) is 24.8 Å². The van der Waals surface area contributed by atoms with Gasteiger partial charge in [0.1, 0.15) is 11.5 Å². The summed E-state index contributed by atoms with van der Waals surface area (Å²) in [7, 11) is 1.60. The molecule has 4 aromatic rings. The molecule has 0 bridgehead atoms. The Labute approximate surface area is 166 Å². The van der Waals surface area contributed by atoms with Gasteiger partial charge in [-0.3, -0.25) is 9.36 Å². The molecule has 142 valence electrons. The number of hydrogen-bond acceptors (Lipinski definition) is 6. The van der Waals surface area contributed by atoms with Gasteiger partial charge in [0.05, 0.1) is 29.4 Å². The molecule has 0 aliphatic heterocycles. The number of rotatable bonds is 5. The molecule has 0 N–H and O–H groups in total. The number of benzene rings is 2. The third kappa shape index (κ3) is 3.41. The van der Waals surface area contributed by atoms with Crippen molar-refractivity contribution in [2.75, 3.05) is 7.11 Å². The second-order valence-corrected chi connectivity index (χ2v) is 7.39. The monoisotopic (exact) mass is 393 g/mol. The molecule has 0 aliphatic rings. The lowest BCUT2D eigenvalue weighted by Gasteiger charge is -2.16. The Bertz CT molecular complexity index is 1210. The van der Waals surface area contributed by atoms with Crippen LogP contribution >= 0.6 is 11.8 Å². The Morgan fingerprint density at radius 1 is 1.14 bits per heavy atom. The van der Waals surface area contributed by atoms with Crippen molar-refractivity contribution in [3.63, 3.8) is 0 Å². The maximum atomic E-state index is 13.4. The summed E-state index contributed by atoms with van der Waals surface area (Å²) >= 11 is 1.44. The van der Waals surface area contributed by atoms with Gasteiger partial charge in [-0.05, 0) is 43.7 Å². The van der Waals surface area contributed by atoms with Crippen LogP contribution in [-0.4, -0.2) is 21.8 Å². The molecule has 0 unspecified atom stereocenters. The lowest BCUT2D eigenvalue weighted by Crippen LogP contribution is -2.22. The standard InChI is InChI=1S/C21H19N3O3S/c1-13-8-9-19(26-3)18(10-13)24-20(25)16-6-4-5-7-17(16)22-21(24)28-12-15-11-14(2)27-23-15/h4-11H,12H2,1-3H3. The summed E-state index contributed by atoms with van der Waals surface area (Å²) in [6, 6.07) is 15.0. The average molecular weight is 393 g/mol. The van der Waals surface area contributed by atoms with Crippen LogP contribution in [-0.2, 0) is 5.75 Å². The highest BCUT2D eigenvalue weighted by Gasteiger charge is 2.17. The first-order valence-corrected chi connectivity index (χ1v) is 9.77. The number of aromatic nitrogens is 3. The van der Waals surface area contributed by atoms with Crippen LogP contribution in [0.2, 0.25) is 0 Å². The number of fused-ring (bicyclic) bond motifs is 1. The molecule has 0 atom stereocenters. The average Bonchev–Trinajstić information content (AvgIpc) is 3.12. The van der Waals surface area contributed by atoms with Crippen LogP contribution in [0.4, 0.5) is 0 Å². The summed E-state index contributed by atoms with van der Waals surface area (Å²) < 4.78 is 12.3. The number of para-hydroxylation sites is 1. The number of ether oxygens (including phenoxy) is 1. The third-order valence-electron chi connectivity index (χ3n) is 4.35. The topological polar surface area (TPSA) is 70.2 Å². The first kappa shape index (κ1) is 18.3. The predicted molar refractivity (Wildman–Crippen MR) is 109 cm³/mol. The number of nitrogens with zero attached hydrogens (tertiary/aromatic N) is 3. The van der Waals surface area contributed by atoms with Gasteiger partial charge in [0.25, 0.3) is 5.56 Å². The minimum Gasteiger partial charge on any atom is -0.495 e. The van der Waals surface area contributed by atoms with Gasteiger partial charge in [-0.25, -0.2) is 4.98 Å². The van der Waals surface area contributed by atoms with E-state index >= 15 is 0 Å². The molecule has 0 aliphatic carbocycles. The van der Waals surface area contributed by atoms with Crippen LogP contribution in [0.25, 0.3) is 16.6 Å². The second-order valence-electron chi connectivity index (χ2n) is 6.44. The van der Waals surface area contributed by atoms with E-state index in [0.29, 0.717) is 33.2 Å². The summed E-state index contributed by atoms with van der Waals surface area (Å²) in [5.74, 6) is 1.90. The van der Waals surface area contributed by atoms with Crippen LogP contribution in [0, 0.1) is 13.8 Å². The number of aryl methyl sites for hydroxylation is 2. The quantitative estimate of drug-likeness (QED) is 0.372. The Morgan fingerprint density at radius 2 is 1.96 bits per heavy atom. The molecule has 2 heterocycles. The van der Waals surface area contributed by atoms with E-state index in [1.165, 1.54) is 11.8 Å². The molecule has 2 aromatic heterocycles. The zero-order valence-corrected chi connectivity index (χ0v) is 16.6. The van der Waals surface area contributed by atoms with Crippen molar-refractivity contribution in [2.24, 2.45) is 0 Å².